The SMILES string of the molecule is CCCC(=O)OC1(C(=O)CO)CCC2C3CCC4=CC(=O)CCC4(C)C3C(O)CC21C. The van der Waals surface area contributed by atoms with Crippen molar-refractivity contribution in [3.05, 3.63) is 11.6 Å². The third-order valence-corrected chi connectivity index (χ3v) is 9.35. The molecule has 0 spiro atoms. The summed E-state index contributed by atoms with van der Waals surface area (Å²) < 4.78 is 5.92. The van der Waals surface area contributed by atoms with Gasteiger partial charge in [-0.05, 0) is 74.2 Å². The fourth-order valence-electron chi connectivity index (χ4n) is 7.94. The third-order valence-electron chi connectivity index (χ3n) is 9.35. The number of ketones is 2. The molecule has 0 aliphatic heterocycles. The first-order chi connectivity index (χ1) is 14.6. The van der Waals surface area contributed by atoms with Gasteiger partial charge in [-0.15, -0.1) is 0 Å². The summed E-state index contributed by atoms with van der Waals surface area (Å²) in [4.78, 5) is 37.6. The maximum absolute atomic E-state index is 13.1. The minimum absolute atomic E-state index is 0.0325. The average molecular weight is 433 g/mol. The Bertz CT molecular complexity index is 817. The Balaban J connectivity index is 1.73. The second-order valence-corrected chi connectivity index (χ2v) is 10.7. The number of aliphatic hydroxyl groups is 2. The molecule has 0 radical (unpaired) electrons. The van der Waals surface area contributed by atoms with Crippen LogP contribution in [-0.4, -0.2) is 46.1 Å². The third kappa shape index (κ3) is 3.16. The predicted octanol–water partition coefficient (Wildman–Crippen LogP) is 3.13. The molecule has 4 aliphatic rings. The van der Waals surface area contributed by atoms with Gasteiger partial charge in [-0.25, -0.2) is 0 Å². The lowest BCUT2D eigenvalue weighted by Gasteiger charge is -2.60. The van der Waals surface area contributed by atoms with Gasteiger partial charge in [0.15, 0.2) is 11.4 Å². The Morgan fingerprint density at radius 2 is 1.94 bits per heavy atom. The highest BCUT2D eigenvalue weighted by molar-refractivity contribution is 5.92. The molecule has 3 saturated carbocycles. The Morgan fingerprint density at radius 3 is 2.61 bits per heavy atom. The Morgan fingerprint density at radius 1 is 1.19 bits per heavy atom. The zero-order valence-electron chi connectivity index (χ0n) is 19.0. The first kappa shape index (κ1) is 22.7. The number of rotatable bonds is 5. The van der Waals surface area contributed by atoms with Gasteiger partial charge in [0.2, 0.25) is 5.78 Å². The highest BCUT2D eigenvalue weighted by atomic mass is 16.6. The van der Waals surface area contributed by atoms with Gasteiger partial charge in [0.25, 0.3) is 0 Å². The molecule has 0 saturated heterocycles. The molecule has 0 aromatic heterocycles. The summed E-state index contributed by atoms with van der Waals surface area (Å²) in [7, 11) is 0. The van der Waals surface area contributed by atoms with Gasteiger partial charge in [0, 0.05) is 18.3 Å². The smallest absolute Gasteiger partial charge is 0.306 e. The van der Waals surface area contributed by atoms with E-state index in [9.17, 15) is 24.6 Å². The van der Waals surface area contributed by atoms with Crippen LogP contribution in [-0.2, 0) is 19.1 Å². The number of ether oxygens (including phenoxy) is 1. The second kappa shape index (κ2) is 7.80. The van der Waals surface area contributed by atoms with Gasteiger partial charge in [-0.2, -0.15) is 0 Å². The standard InChI is InChI=1S/C25H36O6/c1-4-5-21(30)31-25(20(29)14-26)11-9-18-17-7-6-15-12-16(27)8-10-23(15,2)22(17)19(28)13-24(18,25)3/h12,17-19,22,26,28H,4-11,13-14H2,1-3H3. The van der Waals surface area contributed by atoms with E-state index in [1.165, 1.54) is 0 Å². The van der Waals surface area contributed by atoms with Crippen LogP contribution >= 0.6 is 0 Å². The Hall–Kier alpha value is -1.53. The van der Waals surface area contributed by atoms with Crippen LogP contribution in [0, 0.1) is 28.6 Å². The molecule has 0 aromatic rings. The first-order valence-corrected chi connectivity index (χ1v) is 11.9. The normalized spacial score (nSPS) is 44.0. The minimum Gasteiger partial charge on any atom is -0.450 e. The number of hydrogen-bond donors (Lipinski definition) is 2. The van der Waals surface area contributed by atoms with E-state index in [2.05, 4.69) is 6.92 Å². The van der Waals surface area contributed by atoms with Crippen LogP contribution in [0.4, 0.5) is 0 Å². The molecule has 3 fully saturated rings. The highest BCUT2D eigenvalue weighted by Crippen LogP contribution is 2.68. The van der Waals surface area contributed by atoms with Gasteiger partial charge < -0.3 is 14.9 Å². The van der Waals surface area contributed by atoms with E-state index < -0.39 is 35.5 Å². The maximum atomic E-state index is 13.1. The van der Waals surface area contributed by atoms with Crippen molar-refractivity contribution in [3.8, 4) is 0 Å². The fourth-order valence-corrected chi connectivity index (χ4v) is 7.94. The molecule has 172 valence electrons. The van der Waals surface area contributed by atoms with Crippen molar-refractivity contribution in [2.24, 2.45) is 28.6 Å². The van der Waals surface area contributed by atoms with Crippen molar-refractivity contribution >= 4 is 17.5 Å². The maximum Gasteiger partial charge on any atom is 0.306 e. The molecule has 7 atom stereocenters. The van der Waals surface area contributed by atoms with Gasteiger partial charge >= 0.3 is 5.97 Å². The summed E-state index contributed by atoms with van der Waals surface area (Å²) >= 11 is 0. The van der Waals surface area contributed by atoms with E-state index in [1.54, 1.807) is 6.08 Å². The number of fused-ring (bicyclic) bond motifs is 5. The topological polar surface area (TPSA) is 101 Å². The zero-order valence-corrected chi connectivity index (χ0v) is 19.0. The lowest BCUT2D eigenvalue weighted by atomic mass is 9.45. The van der Waals surface area contributed by atoms with E-state index >= 15 is 0 Å². The van der Waals surface area contributed by atoms with Crippen molar-refractivity contribution in [1.29, 1.82) is 0 Å². The van der Waals surface area contributed by atoms with E-state index in [4.69, 9.17) is 4.74 Å². The molecule has 4 rings (SSSR count). The van der Waals surface area contributed by atoms with Crippen LogP contribution in [0.15, 0.2) is 11.6 Å². The summed E-state index contributed by atoms with van der Waals surface area (Å²) in [6.45, 7) is 5.39. The lowest BCUT2D eigenvalue weighted by molar-refractivity contribution is -0.202. The lowest BCUT2D eigenvalue weighted by Crippen LogP contribution is -2.63. The van der Waals surface area contributed by atoms with Crippen molar-refractivity contribution in [3.63, 3.8) is 0 Å². The molecule has 4 aliphatic carbocycles. The number of aliphatic hydroxyl groups excluding tert-OH is 2. The average Bonchev–Trinajstić information content (AvgIpc) is 3.00. The summed E-state index contributed by atoms with van der Waals surface area (Å²) in [5, 5.41) is 21.3. The Labute approximate surface area is 184 Å². The number of carbonyl (C=O) groups is 3. The molecule has 6 heteroatoms. The van der Waals surface area contributed by atoms with Crippen molar-refractivity contribution in [2.75, 3.05) is 6.61 Å². The Kier molecular flexibility index (Phi) is 5.70. The van der Waals surface area contributed by atoms with Gasteiger partial charge in [0.1, 0.15) is 6.61 Å². The van der Waals surface area contributed by atoms with E-state index in [0.29, 0.717) is 25.7 Å². The van der Waals surface area contributed by atoms with Gasteiger partial charge in [0.05, 0.1) is 6.10 Å². The molecule has 2 N–H and O–H groups in total. The van der Waals surface area contributed by atoms with E-state index in [0.717, 1.165) is 31.3 Å². The van der Waals surface area contributed by atoms with E-state index in [-0.39, 0.29) is 35.4 Å². The molecule has 0 amide bonds. The number of Topliss-reactive ketones (excluding diaryl/α,β-unsaturated/α-hetero) is 1. The summed E-state index contributed by atoms with van der Waals surface area (Å²) in [6.07, 6.45) is 6.48. The minimum atomic E-state index is -1.37. The fraction of sp³-hybridized carbons (Fsp3) is 0.800. The second-order valence-electron chi connectivity index (χ2n) is 10.7. The van der Waals surface area contributed by atoms with Crippen LogP contribution < -0.4 is 0 Å². The molecule has 7 unspecified atom stereocenters. The van der Waals surface area contributed by atoms with Crippen LogP contribution in [0.25, 0.3) is 0 Å². The van der Waals surface area contributed by atoms with Crippen molar-refractivity contribution < 1.29 is 29.3 Å². The molecule has 31 heavy (non-hydrogen) atoms. The van der Waals surface area contributed by atoms with Gasteiger partial charge in [-0.1, -0.05) is 26.3 Å². The summed E-state index contributed by atoms with van der Waals surface area (Å²) in [6, 6.07) is 0. The molecule has 0 heterocycles. The summed E-state index contributed by atoms with van der Waals surface area (Å²) in [5.74, 6) is -0.320. The van der Waals surface area contributed by atoms with Crippen molar-refractivity contribution in [1.82, 2.24) is 0 Å². The molecule has 0 bridgehead atoms. The molecular weight excluding hydrogens is 396 g/mol. The number of hydrogen-bond acceptors (Lipinski definition) is 6. The number of esters is 1. The number of carbonyl (C=O) groups excluding carboxylic acids is 3. The molecular formula is C25H36O6. The molecule has 0 aromatic carbocycles. The largest absolute Gasteiger partial charge is 0.450 e. The van der Waals surface area contributed by atoms with Crippen LogP contribution in [0.3, 0.4) is 0 Å². The summed E-state index contributed by atoms with van der Waals surface area (Å²) in [5.41, 5.74) is -1.12. The van der Waals surface area contributed by atoms with Crippen molar-refractivity contribution in [2.45, 2.75) is 90.3 Å². The zero-order chi connectivity index (χ0) is 22.6. The predicted molar refractivity (Wildman–Crippen MR) is 114 cm³/mol. The number of allylic oxidation sites excluding steroid dienone is 1. The van der Waals surface area contributed by atoms with E-state index in [1.807, 2.05) is 13.8 Å². The molecule has 6 nitrogen and oxygen atoms in total. The van der Waals surface area contributed by atoms with Crippen LogP contribution in [0.1, 0.15) is 78.6 Å². The highest BCUT2D eigenvalue weighted by Gasteiger charge is 2.70. The quantitative estimate of drug-likeness (QED) is 0.648. The first-order valence-electron chi connectivity index (χ1n) is 11.9. The monoisotopic (exact) mass is 432 g/mol. The van der Waals surface area contributed by atoms with Crippen LogP contribution in [0.2, 0.25) is 0 Å². The van der Waals surface area contributed by atoms with Gasteiger partial charge in [-0.3, -0.25) is 14.4 Å². The van der Waals surface area contributed by atoms with Crippen LogP contribution in [0.5, 0.6) is 0 Å².